The number of rotatable bonds is 7. The Kier molecular flexibility index (Phi) is 6.93. The zero-order valence-corrected chi connectivity index (χ0v) is 15.6. The Bertz CT molecular complexity index is 833. The van der Waals surface area contributed by atoms with E-state index in [0.717, 1.165) is 0 Å². The molecule has 0 bridgehead atoms. The smallest absolute Gasteiger partial charge is 0.251 e. The molecule has 2 aromatic rings. The lowest BCUT2D eigenvalue weighted by molar-refractivity contribution is -0.115. The number of benzene rings is 2. The maximum absolute atomic E-state index is 12.2. The molecule has 0 fully saturated rings. The van der Waals surface area contributed by atoms with Gasteiger partial charge < -0.3 is 21.3 Å². The van der Waals surface area contributed by atoms with Gasteiger partial charge in [0.15, 0.2) is 0 Å². The Morgan fingerprint density at radius 3 is 2.19 bits per heavy atom. The highest BCUT2D eigenvalue weighted by molar-refractivity contribution is 5.98. The Morgan fingerprint density at radius 2 is 1.52 bits per heavy atom. The van der Waals surface area contributed by atoms with E-state index in [1.807, 2.05) is 13.8 Å². The minimum atomic E-state index is -0.249. The van der Waals surface area contributed by atoms with Gasteiger partial charge in [-0.1, -0.05) is 12.1 Å². The van der Waals surface area contributed by atoms with Gasteiger partial charge in [0.05, 0.1) is 6.54 Å². The van der Waals surface area contributed by atoms with Crippen LogP contribution in [0.5, 0.6) is 0 Å². The summed E-state index contributed by atoms with van der Waals surface area (Å²) in [5, 5.41) is 11.3. The van der Waals surface area contributed by atoms with Crippen molar-refractivity contribution >= 4 is 34.8 Å². The van der Waals surface area contributed by atoms with Crippen molar-refractivity contribution < 1.29 is 14.4 Å². The molecule has 0 heterocycles. The standard InChI is InChI=1S/C20H24N4O3/c1-13(2)22-20(27)15-6-4-8-17(10-15)24-19(26)12-21-16-7-5-9-18(11-16)23-14(3)25/h4-11,13,21H,12H2,1-3H3,(H,22,27)(H,23,25)(H,24,26). The van der Waals surface area contributed by atoms with E-state index in [4.69, 9.17) is 0 Å². The third-order valence-corrected chi connectivity index (χ3v) is 3.46. The van der Waals surface area contributed by atoms with Crippen LogP contribution >= 0.6 is 0 Å². The SMILES string of the molecule is CC(=O)Nc1cccc(NCC(=O)Nc2cccc(C(=O)NC(C)C)c2)c1. The first kappa shape index (κ1) is 20.0. The van der Waals surface area contributed by atoms with Gasteiger partial charge in [-0.3, -0.25) is 14.4 Å². The fraction of sp³-hybridized carbons (Fsp3) is 0.250. The van der Waals surface area contributed by atoms with E-state index in [9.17, 15) is 14.4 Å². The van der Waals surface area contributed by atoms with E-state index in [0.29, 0.717) is 22.6 Å². The minimum absolute atomic E-state index is 0.0354. The van der Waals surface area contributed by atoms with Crippen molar-refractivity contribution in [1.29, 1.82) is 0 Å². The molecule has 0 spiro atoms. The maximum Gasteiger partial charge on any atom is 0.251 e. The van der Waals surface area contributed by atoms with Gasteiger partial charge in [0, 0.05) is 35.6 Å². The Labute approximate surface area is 158 Å². The Balaban J connectivity index is 1.92. The van der Waals surface area contributed by atoms with Crippen molar-refractivity contribution in [3.63, 3.8) is 0 Å². The molecular weight excluding hydrogens is 344 g/mol. The normalized spacial score (nSPS) is 10.2. The second kappa shape index (κ2) is 9.38. The summed E-state index contributed by atoms with van der Waals surface area (Å²) in [4.78, 5) is 35.3. The van der Waals surface area contributed by atoms with Crippen molar-refractivity contribution in [1.82, 2.24) is 5.32 Å². The second-order valence-electron chi connectivity index (χ2n) is 6.37. The summed E-state index contributed by atoms with van der Waals surface area (Å²) in [6, 6.07) is 13.9. The predicted molar refractivity (Wildman–Crippen MR) is 107 cm³/mol. The van der Waals surface area contributed by atoms with E-state index in [1.54, 1.807) is 48.5 Å². The first-order chi connectivity index (χ1) is 12.8. The van der Waals surface area contributed by atoms with Crippen molar-refractivity contribution in [2.24, 2.45) is 0 Å². The first-order valence-electron chi connectivity index (χ1n) is 8.66. The van der Waals surface area contributed by atoms with Crippen molar-refractivity contribution in [2.75, 3.05) is 22.5 Å². The minimum Gasteiger partial charge on any atom is -0.376 e. The summed E-state index contributed by atoms with van der Waals surface area (Å²) in [7, 11) is 0. The second-order valence-corrected chi connectivity index (χ2v) is 6.37. The number of hydrogen-bond donors (Lipinski definition) is 4. The number of hydrogen-bond acceptors (Lipinski definition) is 4. The van der Waals surface area contributed by atoms with Gasteiger partial charge in [-0.05, 0) is 50.2 Å². The van der Waals surface area contributed by atoms with E-state index >= 15 is 0 Å². The van der Waals surface area contributed by atoms with Crippen LogP contribution in [0.15, 0.2) is 48.5 Å². The highest BCUT2D eigenvalue weighted by Crippen LogP contribution is 2.15. The molecule has 0 aromatic heterocycles. The molecule has 0 unspecified atom stereocenters. The third-order valence-electron chi connectivity index (χ3n) is 3.46. The molecule has 7 nitrogen and oxygen atoms in total. The summed E-state index contributed by atoms with van der Waals surface area (Å²) in [6.07, 6.45) is 0. The van der Waals surface area contributed by atoms with Gasteiger partial charge in [-0.15, -0.1) is 0 Å². The first-order valence-corrected chi connectivity index (χ1v) is 8.66. The zero-order chi connectivity index (χ0) is 19.8. The molecule has 0 saturated heterocycles. The summed E-state index contributed by atoms with van der Waals surface area (Å²) in [5.74, 6) is -0.596. The molecular formula is C20H24N4O3. The number of carbonyl (C=O) groups is 3. The van der Waals surface area contributed by atoms with Crippen LogP contribution in [0.25, 0.3) is 0 Å². The molecule has 142 valence electrons. The highest BCUT2D eigenvalue weighted by Gasteiger charge is 2.09. The van der Waals surface area contributed by atoms with Crippen LogP contribution < -0.4 is 21.3 Å². The van der Waals surface area contributed by atoms with Gasteiger partial charge in [0.1, 0.15) is 0 Å². The van der Waals surface area contributed by atoms with Gasteiger partial charge in [0.2, 0.25) is 11.8 Å². The predicted octanol–water partition coefficient (Wildman–Crippen LogP) is 2.83. The molecule has 4 N–H and O–H groups in total. The van der Waals surface area contributed by atoms with E-state index in [-0.39, 0.29) is 30.3 Å². The summed E-state index contributed by atoms with van der Waals surface area (Å²) < 4.78 is 0. The van der Waals surface area contributed by atoms with Crippen LogP contribution in [0.1, 0.15) is 31.1 Å². The summed E-state index contributed by atoms with van der Waals surface area (Å²) in [6.45, 7) is 5.25. The van der Waals surface area contributed by atoms with Crippen LogP contribution in [-0.4, -0.2) is 30.3 Å². The lowest BCUT2D eigenvalue weighted by atomic mass is 10.1. The van der Waals surface area contributed by atoms with Crippen LogP contribution in [0, 0.1) is 0 Å². The highest BCUT2D eigenvalue weighted by atomic mass is 16.2. The fourth-order valence-corrected chi connectivity index (χ4v) is 2.38. The summed E-state index contributed by atoms with van der Waals surface area (Å²) in [5.41, 5.74) is 2.39. The Hall–Kier alpha value is -3.35. The third kappa shape index (κ3) is 6.81. The molecule has 27 heavy (non-hydrogen) atoms. The monoisotopic (exact) mass is 368 g/mol. The zero-order valence-electron chi connectivity index (χ0n) is 15.6. The quantitative estimate of drug-likeness (QED) is 0.604. The molecule has 2 rings (SSSR count). The molecule has 0 radical (unpaired) electrons. The molecule has 0 atom stereocenters. The number of carbonyl (C=O) groups excluding carboxylic acids is 3. The lowest BCUT2D eigenvalue weighted by Crippen LogP contribution is -2.30. The summed E-state index contributed by atoms with van der Waals surface area (Å²) >= 11 is 0. The van der Waals surface area contributed by atoms with E-state index in [1.165, 1.54) is 6.92 Å². The number of anilines is 3. The fourth-order valence-electron chi connectivity index (χ4n) is 2.38. The molecule has 0 aliphatic heterocycles. The van der Waals surface area contributed by atoms with Crippen LogP contribution in [0.3, 0.4) is 0 Å². The van der Waals surface area contributed by atoms with Crippen molar-refractivity contribution in [3.05, 3.63) is 54.1 Å². The molecule has 0 saturated carbocycles. The van der Waals surface area contributed by atoms with Crippen molar-refractivity contribution in [2.45, 2.75) is 26.8 Å². The molecule has 7 heteroatoms. The van der Waals surface area contributed by atoms with E-state index < -0.39 is 0 Å². The topological polar surface area (TPSA) is 99.3 Å². The van der Waals surface area contributed by atoms with Crippen molar-refractivity contribution in [3.8, 4) is 0 Å². The van der Waals surface area contributed by atoms with Gasteiger partial charge in [-0.25, -0.2) is 0 Å². The lowest BCUT2D eigenvalue weighted by Gasteiger charge is -2.11. The molecule has 0 aliphatic rings. The van der Waals surface area contributed by atoms with E-state index in [2.05, 4.69) is 21.3 Å². The van der Waals surface area contributed by atoms with Crippen LogP contribution in [-0.2, 0) is 9.59 Å². The number of amides is 3. The average Bonchev–Trinajstić information content (AvgIpc) is 2.59. The molecule has 0 aliphatic carbocycles. The Morgan fingerprint density at radius 1 is 0.889 bits per heavy atom. The molecule has 2 aromatic carbocycles. The average molecular weight is 368 g/mol. The van der Waals surface area contributed by atoms with Crippen LogP contribution in [0.2, 0.25) is 0 Å². The van der Waals surface area contributed by atoms with Gasteiger partial charge >= 0.3 is 0 Å². The van der Waals surface area contributed by atoms with Gasteiger partial charge in [0.25, 0.3) is 5.91 Å². The van der Waals surface area contributed by atoms with Crippen LogP contribution in [0.4, 0.5) is 17.1 Å². The molecule has 3 amide bonds. The maximum atomic E-state index is 12.2. The van der Waals surface area contributed by atoms with Gasteiger partial charge in [-0.2, -0.15) is 0 Å². The number of nitrogens with one attached hydrogen (secondary N) is 4. The largest absolute Gasteiger partial charge is 0.376 e.